The van der Waals surface area contributed by atoms with E-state index in [-0.39, 0.29) is 11.5 Å². The van der Waals surface area contributed by atoms with Crippen LogP contribution in [0.1, 0.15) is 10.4 Å². The third-order valence-corrected chi connectivity index (χ3v) is 3.57. The fraction of sp³-hybridized carbons (Fsp3) is 0. The number of carbonyl (C=O) groups excluding carboxylic acids is 1. The van der Waals surface area contributed by atoms with Crippen LogP contribution >= 0.6 is 11.6 Å². The number of aromatic nitrogens is 3. The lowest BCUT2D eigenvalue weighted by Crippen LogP contribution is -2.30. The highest BCUT2D eigenvalue weighted by atomic mass is 35.5. The maximum atomic E-state index is 12.2. The van der Waals surface area contributed by atoms with E-state index < -0.39 is 5.91 Å². The number of nitrogens with one attached hydrogen (secondary N) is 3. The molecule has 25 heavy (non-hydrogen) atoms. The minimum Gasteiger partial charge on any atom is -0.393 e. The maximum absolute atomic E-state index is 12.2. The number of amides is 1. The molecule has 0 bridgehead atoms. The van der Waals surface area contributed by atoms with Crippen LogP contribution < -0.4 is 21.9 Å². The second-order valence-corrected chi connectivity index (χ2v) is 5.31. The van der Waals surface area contributed by atoms with Gasteiger partial charge in [-0.2, -0.15) is 0 Å². The second kappa shape index (κ2) is 7.45. The first-order valence-electron chi connectivity index (χ1n) is 7.23. The van der Waals surface area contributed by atoms with Crippen LogP contribution in [0.5, 0.6) is 0 Å². The van der Waals surface area contributed by atoms with Gasteiger partial charge in [-0.15, -0.1) is 0 Å². The van der Waals surface area contributed by atoms with E-state index in [2.05, 4.69) is 31.1 Å². The van der Waals surface area contributed by atoms with Crippen molar-refractivity contribution in [2.75, 3.05) is 16.5 Å². The van der Waals surface area contributed by atoms with Gasteiger partial charge in [0.2, 0.25) is 0 Å². The van der Waals surface area contributed by atoms with E-state index in [1.807, 2.05) is 0 Å². The molecule has 0 radical (unpaired) electrons. The first-order valence-corrected chi connectivity index (χ1v) is 7.61. The number of nitrogens with zero attached hydrogens (tertiary/aromatic N) is 3. The van der Waals surface area contributed by atoms with E-state index in [0.29, 0.717) is 16.4 Å². The lowest BCUT2D eigenvalue weighted by molar-refractivity contribution is 0.0962. The number of carbonyl (C=O) groups is 1. The average molecular weight is 356 g/mol. The highest BCUT2D eigenvalue weighted by Crippen LogP contribution is 2.25. The summed E-state index contributed by atoms with van der Waals surface area (Å²) >= 11 is 5.99. The molecule has 0 saturated carbocycles. The zero-order valence-corrected chi connectivity index (χ0v) is 13.7. The van der Waals surface area contributed by atoms with Crippen molar-refractivity contribution in [1.29, 1.82) is 0 Å². The number of rotatable bonds is 5. The Hall–Kier alpha value is -3.39. The number of nitrogens with two attached hydrogens (primary N) is 1. The molecule has 2 aromatic heterocycles. The monoisotopic (exact) mass is 355 g/mol. The summed E-state index contributed by atoms with van der Waals surface area (Å²) in [5.41, 5.74) is 12.6. The zero-order valence-electron chi connectivity index (χ0n) is 12.9. The molecule has 3 aromatic rings. The molecule has 0 fully saturated rings. The quantitative estimate of drug-likeness (QED) is 0.519. The van der Waals surface area contributed by atoms with Gasteiger partial charge in [0, 0.05) is 18.1 Å². The Morgan fingerprint density at radius 1 is 1.04 bits per heavy atom. The number of hydrazine groups is 1. The predicted octanol–water partition coefficient (Wildman–Crippen LogP) is 2.61. The fourth-order valence-corrected chi connectivity index (χ4v) is 2.22. The summed E-state index contributed by atoms with van der Waals surface area (Å²) in [5, 5.41) is 3.40. The molecule has 5 N–H and O–H groups in total. The number of nitrogen functional groups attached to an aromatic ring is 1. The third-order valence-electron chi connectivity index (χ3n) is 3.24. The number of halogens is 1. The largest absolute Gasteiger partial charge is 0.393 e. The van der Waals surface area contributed by atoms with Crippen molar-refractivity contribution in [2.45, 2.75) is 0 Å². The first kappa shape index (κ1) is 16.5. The predicted molar refractivity (Wildman–Crippen MR) is 96.5 cm³/mol. The number of benzene rings is 1. The molecule has 126 valence electrons. The molecular weight excluding hydrogens is 342 g/mol. The van der Waals surface area contributed by atoms with Crippen LogP contribution in [0.3, 0.4) is 0 Å². The summed E-state index contributed by atoms with van der Waals surface area (Å²) in [4.78, 5) is 24.2. The Bertz CT molecular complexity index is 889. The topological polar surface area (TPSA) is 118 Å². The van der Waals surface area contributed by atoms with Crippen molar-refractivity contribution in [3.05, 3.63) is 65.7 Å². The van der Waals surface area contributed by atoms with Crippen molar-refractivity contribution >= 4 is 40.5 Å². The summed E-state index contributed by atoms with van der Waals surface area (Å²) in [6.45, 7) is 0. The molecule has 0 aliphatic carbocycles. The van der Waals surface area contributed by atoms with Crippen molar-refractivity contribution < 1.29 is 4.79 Å². The van der Waals surface area contributed by atoms with Gasteiger partial charge in [0.05, 0.1) is 10.6 Å². The average Bonchev–Trinajstić information content (AvgIpc) is 2.63. The highest BCUT2D eigenvalue weighted by Gasteiger charge is 2.12. The van der Waals surface area contributed by atoms with Gasteiger partial charge in [0.1, 0.15) is 12.0 Å². The summed E-state index contributed by atoms with van der Waals surface area (Å²) in [6, 6.07) is 10.2. The molecule has 0 spiro atoms. The summed E-state index contributed by atoms with van der Waals surface area (Å²) < 4.78 is 0. The van der Waals surface area contributed by atoms with Gasteiger partial charge in [-0.05, 0) is 24.3 Å². The van der Waals surface area contributed by atoms with Crippen LogP contribution in [-0.4, -0.2) is 20.9 Å². The SMILES string of the molecule is Nc1c(NNC(=O)c2ccccc2Cl)ncnc1Nc1ccncc1. The molecule has 0 aliphatic heterocycles. The molecule has 9 heteroatoms. The summed E-state index contributed by atoms with van der Waals surface area (Å²) in [6.07, 6.45) is 4.61. The first-order chi connectivity index (χ1) is 12.1. The number of hydrogen-bond donors (Lipinski definition) is 4. The minimum absolute atomic E-state index is 0.249. The molecule has 0 aliphatic rings. The van der Waals surface area contributed by atoms with Crippen LogP contribution in [0.15, 0.2) is 55.1 Å². The Balaban J connectivity index is 1.72. The van der Waals surface area contributed by atoms with Crippen LogP contribution in [0.2, 0.25) is 5.02 Å². The lowest BCUT2D eigenvalue weighted by Gasteiger charge is -2.13. The molecule has 8 nitrogen and oxygen atoms in total. The maximum Gasteiger partial charge on any atom is 0.271 e. The normalized spacial score (nSPS) is 10.1. The molecule has 1 aromatic carbocycles. The smallest absolute Gasteiger partial charge is 0.271 e. The van der Waals surface area contributed by atoms with E-state index in [0.717, 1.165) is 5.69 Å². The number of anilines is 4. The molecule has 0 atom stereocenters. The van der Waals surface area contributed by atoms with Crippen LogP contribution in [-0.2, 0) is 0 Å². The van der Waals surface area contributed by atoms with Crippen molar-refractivity contribution in [2.24, 2.45) is 0 Å². The van der Waals surface area contributed by atoms with Gasteiger partial charge in [-0.25, -0.2) is 9.97 Å². The standard InChI is InChI=1S/C16H14ClN7O/c17-12-4-2-1-3-11(12)16(25)24-23-15-13(18)14(20-9-21-15)22-10-5-7-19-8-6-10/h1-9H,18H2,(H,24,25)(H2,19,20,21,22,23). The molecule has 2 heterocycles. The van der Waals surface area contributed by atoms with Crippen molar-refractivity contribution in [3.63, 3.8) is 0 Å². The molecule has 3 rings (SSSR count). The highest BCUT2D eigenvalue weighted by molar-refractivity contribution is 6.33. The number of pyridine rings is 1. The van der Waals surface area contributed by atoms with Gasteiger partial charge >= 0.3 is 0 Å². The summed E-state index contributed by atoms with van der Waals surface area (Å²) in [7, 11) is 0. The molecule has 1 amide bonds. The van der Waals surface area contributed by atoms with Gasteiger partial charge in [-0.1, -0.05) is 23.7 Å². The molecule has 0 unspecified atom stereocenters. The van der Waals surface area contributed by atoms with Gasteiger partial charge < -0.3 is 11.1 Å². The lowest BCUT2D eigenvalue weighted by atomic mass is 10.2. The Morgan fingerprint density at radius 3 is 2.52 bits per heavy atom. The van der Waals surface area contributed by atoms with E-state index in [1.54, 1.807) is 48.8 Å². The van der Waals surface area contributed by atoms with E-state index in [4.69, 9.17) is 17.3 Å². The Labute approximate surface area is 148 Å². The summed E-state index contributed by atoms with van der Waals surface area (Å²) in [5.74, 6) is 0.245. The van der Waals surface area contributed by atoms with Crippen LogP contribution in [0.25, 0.3) is 0 Å². The van der Waals surface area contributed by atoms with Gasteiger partial charge in [0.25, 0.3) is 5.91 Å². The van der Waals surface area contributed by atoms with Crippen molar-refractivity contribution in [3.8, 4) is 0 Å². The van der Waals surface area contributed by atoms with E-state index in [9.17, 15) is 4.79 Å². The van der Waals surface area contributed by atoms with Gasteiger partial charge in [-0.3, -0.25) is 20.6 Å². The van der Waals surface area contributed by atoms with E-state index >= 15 is 0 Å². The molecular formula is C16H14ClN7O. The van der Waals surface area contributed by atoms with Crippen LogP contribution in [0.4, 0.5) is 23.0 Å². The Kier molecular flexibility index (Phi) is 4.91. The third kappa shape index (κ3) is 3.93. The minimum atomic E-state index is -0.410. The molecule has 0 saturated heterocycles. The van der Waals surface area contributed by atoms with Crippen LogP contribution in [0, 0.1) is 0 Å². The Morgan fingerprint density at radius 2 is 1.76 bits per heavy atom. The second-order valence-electron chi connectivity index (χ2n) is 4.90. The zero-order chi connectivity index (χ0) is 17.6. The van der Waals surface area contributed by atoms with E-state index in [1.165, 1.54) is 6.33 Å². The number of hydrogen-bond acceptors (Lipinski definition) is 7. The fourth-order valence-electron chi connectivity index (χ4n) is 2.00. The van der Waals surface area contributed by atoms with Gasteiger partial charge in [0.15, 0.2) is 11.6 Å². The van der Waals surface area contributed by atoms with Crippen molar-refractivity contribution in [1.82, 2.24) is 20.4 Å².